The van der Waals surface area contributed by atoms with Crippen LogP contribution in [0.2, 0.25) is 5.02 Å². The number of sulfonamides is 1. The lowest BCUT2D eigenvalue weighted by Gasteiger charge is -2.27. The second kappa shape index (κ2) is 6.51. The number of anilines is 1. The Balaban J connectivity index is 1.93. The highest BCUT2D eigenvalue weighted by Gasteiger charge is 2.30. The minimum atomic E-state index is -3.32. The van der Waals surface area contributed by atoms with Crippen LogP contribution in [0.25, 0.3) is 0 Å². The molecule has 6 heteroatoms. The van der Waals surface area contributed by atoms with Crippen LogP contribution < -0.4 is 5.32 Å². The summed E-state index contributed by atoms with van der Waals surface area (Å²) in [5.74, 6) is 0. The van der Waals surface area contributed by atoms with Crippen LogP contribution in [0.1, 0.15) is 11.1 Å². The molecule has 0 saturated heterocycles. The molecule has 0 spiro atoms. The minimum absolute atomic E-state index is 0.140. The Kier molecular flexibility index (Phi) is 4.62. The first-order chi connectivity index (χ1) is 10.9. The van der Waals surface area contributed by atoms with E-state index in [9.17, 15) is 8.42 Å². The number of benzene rings is 2. The summed E-state index contributed by atoms with van der Waals surface area (Å²) in [7, 11) is -3.32. The summed E-state index contributed by atoms with van der Waals surface area (Å²) in [6.45, 7) is 0.899. The Labute approximate surface area is 142 Å². The van der Waals surface area contributed by atoms with Crippen LogP contribution in [0.5, 0.6) is 0 Å². The number of fused-ring (bicyclic) bond motifs is 1. The predicted octanol–water partition coefficient (Wildman–Crippen LogP) is 3.14. The van der Waals surface area contributed by atoms with E-state index in [4.69, 9.17) is 11.6 Å². The summed E-state index contributed by atoms with van der Waals surface area (Å²) in [5, 5.41) is 3.97. The fourth-order valence-corrected chi connectivity index (χ4v) is 4.20. The van der Waals surface area contributed by atoms with Gasteiger partial charge in [0.15, 0.2) is 0 Å². The largest absolute Gasteiger partial charge is 0.383 e. The lowest BCUT2D eigenvalue weighted by atomic mass is 10.1. The molecule has 1 aliphatic heterocycles. The van der Waals surface area contributed by atoms with E-state index in [1.807, 2.05) is 48.5 Å². The van der Waals surface area contributed by atoms with Crippen molar-refractivity contribution < 1.29 is 8.42 Å². The monoisotopic (exact) mass is 350 g/mol. The number of hydrogen-bond donors (Lipinski definition) is 1. The van der Waals surface area contributed by atoms with Crippen LogP contribution in [0.3, 0.4) is 0 Å². The molecule has 2 aromatic rings. The zero-order valence-corrected chi connectivity index (χ0v) is 14.4. The van der Waals surface area contributed by atoms with Crippen molar-refractivity contribution in [2.75, 3.05) is 18.1 Å². The standard InChI is InChI=1S/C17H19ClN2O2S/c1-23(21,22)20-12-14-10-15(18)7-8-17(14)19-11-16(20)9-13-5-3-2-4-6-13/h2-8,10,16,19H,9,11-12H2,1H3. The highest BCUT2D eigenvalue weighted by Crippen LogP contribution is 2.28. The lowest BCUT2D eigenvalue weighted by Crippen LogP contribution is -2.42. The van der Waals surface area contributed by atoms with Crippen LogP contribution in [-0.2, 0) is 23.0 Å². The first-order valence-electron chi connectivity index (χ1n) is 7.46. The maximum Gasteiger partial charge on any atom is 0.211 e. The van der Waals surface area contributed by atoms with Gasteiger partial charge in [-0.15, -0.1) is 0 Å². The predicted molar refractivity (Wildman–Crippen MR) is 94.3 cm³/mol. The topological polar surface area (TPSA) is 49.4 Å². The highest BCUT2D eigenvalue weighted by atomic mass is 35.5. The van der Waals surface area contributed by atoms with Crippen molar-refractivity contribution in [3.63, 3.8) is 0 Å². The minimum Gasteiger partial charge on any atom is -0.383 e. The van der Waals surface area contributed by atoms with Crippen LogP contribution in [0.15, 0.2) is 48.5 Å². The van der Waals surface area contributed by atoms with Crippen LogP contribution >= 0.6 is 11.6 Å². The van der Waals surface area contributed by atoms with Crippen molar-refractivity contribution in [1.82, 2.24) is 4.31 Å². The van der Waals surface area contributed by atoms with E-state index >= 15 is 0 Å². The van der Waals surface area contributed by atoms with Gasteiger partial charge in [0.2, 0.25) is 10.0 Å². The maximum atomic E-state index is 12.3. The second-order valence-electron chi connectivity index (χ2n) is 5.83. The molecular formula is C17H19ClN2O2S. The van der Waals surface area contributed by atoms with E-state index in [-0.39, 0.29) is 6.04 Å². The molecule has 0 bridgehead atoms. The van der Waals surface area contributed by atoms with E-state index in [1.54, 1.807) is 4.31 Å². The third-order valence-electron chi connectivity index (χ3n) is 4.07. The van der Waals surface area contributed by atoms with Crippen molar-refractivity contribution in [2.24, 2.45) is 0 Å². The molecule has 1 heterocycles. The first kappa shape index (κ1) is 16.3. The van der Waals surface area contributed by atoms with Gasteiger partial charge >= 0.3 is 0 Å². The molecule has 0 aliphatic carbocycles. The summed E-state index contributed by atoms with van der Waals surface area (Å²) in [4.78, 5) is 0. The summed E-state index contributed by atoms with van der Waals surface area (Å²) >= 11 is 6.06. The molecule has 0 amide bonds. The average molecular weight is 351 g/mol. The third kappa shape index (κ3) is 3.86. The fraction of sp³-hybridized carbons (Fsp3) is 0.294. The average Bonchev–Trinajstić information content (AvgIpc) is 2.68. The summed E-state index contributed by atoms with van der Waals surface area (Å²) in [6.07, 6.45) is 1.93. The second-order valence-corrected chi connectivity index (χ2v) is 8.21. The van der Waals surface area contributed by atoms with Gasteiger partial charge < -0.3 is 5.32 Å². The first-order valence-corrected chi connectivity index (χ1v) is 9.69. The molecule has 0 saturated carbocycles. The van der Waals surface area contributed by atoms with Crippen molar-refractivity contribution in [2.45, 2.75) is 19.0 Å². The van der Waals surface area contributed by atoms with Gasteiger partial charge in [0.05, 0.1) is 6.26 Å². The van der Waals surface area contributed by atoms with E-state index in [2.05, 4.69) is 5.32 Å². The van der Waals surface area contributed by atoms with Crippen LogP contribution in [-0.4, -0.2) is 31.6 Å². The SMILES string of the molecule is CS(=O)(=O)N1Cc2cc(Cl)ccc2NCC1Cc1ccccc1. The molecule has 0 fully saturated rings. The molecule has 1 N–H and O–H groups in total. The molecule has 1 atom stereocenters. The Morgan fingerprint density at radius 1 is 1.22 bits per heavy atom. The maximum absolute atomic E-state index is 12.3. The summed E-state index contributed by atoms with van der Waals surface area (Å²) < 4.78 is 26.2. The van der Waals surface area contributed by atoms with Crippen molar-refractivity contribution >= 4 is 27.3 Å². The van der Waals surface area contributed by atoms with Gasteiger partial charge in [0.25, 0.3) is 0 Å². The van der Waals surface area contributed by atoms with E-state index in [1.165, 1.54) is 6.26 Å². The van der Waals surface area contributed by atoms with Gasteiger partial charge in [-0.1, -0.05) is 41.9 Å². The normalized spacial score (nSPS) is 18.8. The Morgan fingerprint density at radius 2 is 1.96 bits per heavy atom. The molecule has 3 rings (SSSR count). The van der Waals surface area contributed by atoms with Gasteiger partial charge in [-0.05, 0) is 35.7 Å². The molecule has 122 valence electrons. The molecular weight excluding hydrogens is 332 g/mol. The molecule has 0 radical (unpaired) electrons. The molecule has 23 heavy (non-hydrogen) atoms. The lowest BCUT2D eigenvalue weighted by molar-refractivity contribution is 0.328. The van der Waals surface area contributed by atoms with Gasteiger partial charge in [0.1, 0.15) is 0 Å². The van der Waals surface area contributed by atoms with Crippen LogP contribution in [0, 0.1) is 0 Å². The number of hydrogen-bond acceptors (Lipinski definition) is 3. The molecule has 4 nitrogen and oxygen atoms in total. The smallest absolute Gasteiger partial charge is 0.211 e. The summed E-state index contributed by atoms with van der Waals surface area (Å²) in [6, 6.07) is 15.4. The molecule has 1 unspecified atom stereocenters. The molecule has 1 aliphatic rings. The number of nitrogens with one attached hydrogen (secondary N) is 1. The van der Waals surface area contributed by atoms with E-state index in [0.29, 0.717) is 24.5 Å². The number of rotatable bonds is 3. The van der Waals surface area contributed by atoms with Crippen molar-refractivity contribution in [3.8, 4) is 0 Å². The van der Waals surface area contributed by atoms with Gasteiger partial charge in [-0.2, -0.15) is 4.31 Å². The van der Waals surface area contributed by atoms with Gasteiger partial charge in [-0.3, -0.25) is 0 Å². The Hall–Kier alpha value is -1.56. The van der Waals surface area contributed by atoms with Crippen molar-refractivity contribution in [3.05, 3.63) is 64.7 Å². The number of halogens is 1. The summed E-state index contributed by atoms with van der Waals surface area (Å²) in [5.41, 5.74) is 2.97. The molecule has 2 aromatic carbocycles. The highest BCUT2D eigenvalue weighted by molar-refractivity contribution is 7.88. The zero-order valence-electron chi connectivity index (χ0n) is 12.9. The van der Waals surface area contributed by atoms with Gasteiger partial charge in [-0.25, -0.2) is 8.42 Å². The number of nitrogens with zero attached hydrogens (tertiary/aromatic N) is 1. The Bertz CT molecular complexity index is 793. The Morgan fingerprint density at radius 3 is 2.65 bits per heavy atom. The van der Waals surface area contributed by atoms with E-state index < -0.39 is 10.0 Å². The van der Waals surface area contributed by atoms with Crippen molar-refractivity contribution in [1.29, 1.82) is 0 Å². The molecule has 0 aromatic heterocycles. The fourth-order valence-electron chi connectivity index (χ4n) is 2.94. The quantitative estimate of drug-likeness (QED) is 0.925. The van der Waals surface area contributed by atoms with Crippen LogP contribution in [0.4, 0.5) is 5.69 Å². The third-order valence-corrected chi connectivity index (χ3v) is 5.58. The zero-order chi connectivity index (χ0) is 16.4. The van der Waals surface area contributed by atoms with Gasteiger partial charge in [0, 0.05) is 29.8 Å². The van der Waals surface area contributed by atoms with E-state index in [0.717, 1.165) is 16.8 Å².